The number of rotatable bonds is 6. The number of nitrogens with one attached hydrogen (secondary N) is 1. The van der Waals surface area contributed by atoms with Crippen molar-refractivity contribution in [3.63, 3.8) is 0 Å². The summed E-state index contributed by atoms with van der Waals surface area (Å²) in [7, 11) is 3.83. The van der Waals surface area contributed by atoms with Crippen LogP contribution in [0.15, 0.2) is 24.4 Å². The molecule has 150 valence electrons. The summed E-state index contributed by atoms with van der Waals surface area (Å²) in [6, 6.07) is 6.16. The molecule has 0 fully saturated rings. The van der Waals surface area contributed by atoms with Crippen LogP contribution < -0.4 is 19.7 Å². The van der Waals surface area contributed by atoms with E-state index in [2.05, 4.69) is 15.3 Å². The van der Waals surface area contributed by atoms with Gasteiger partial charge in [0.15, 0.2) is 17.9 Å². The van der Waals surface area contributed by atoms with Gasteiger partial charge in [-0.05, 0) is 26.2 Å². The van der Waals surface area contributed by atoms with Gasteiger partial charge in [0.05, 0.1) is 12.7 Å². The average molecular weight is 397 g/mol. The number of likely N-dealkylation sites (N-methyl/N-ethyl adjacent to an activating group) is 1. The molecule has 0 saturated carbocycles. The Morgan fingerprint density at radius 2 is 2.31 bits per heavy atom. The number of aromatic nitrogens is 2. The lowest BCUT2D eigenvalue weighted by Crippen LogP contribution is -2.41. The van der Waals surface area contributed by atoms with Crippen LogP contribution in [0.2, 0.25) is 0 Å². The monoisotopic (exact) mass is 397 g/mol. The maximum Gasteiger partial charge on any atom is 0.328 e. The molecule has 2 aromatic rings. The zero-order valence-electron chi connectivity index (χ0n) is 16.1. The van der Waals surface area contributed by atoms with Crippen LogP contribution in [0.1, 0.15) is 16.1 Å². The molecule has 0 bridgehead atoms. The Balaban J connectivity index is 1.78. The lowest BCUT2D eigenvalue weighted by Gasteiger charge is -2.28. The van der Waals surface area contributed by atoms with E-state index in [4.69, 9.17) is 9.47 Å². The number of hydrogen-bond donors (Lipinski definition) is 1. The van der Waals surface area contributed by atoms with Crippen molar-refractivity contribution in [3.8, 4) is 17.6 Å². The molecule has 3 heterocycles. The van der Waals surface area contributed by atoms with Crippen molar-refractivity contribution >= 4 is 24.0 Å². The lowest BCUT2D eigenvalue weighted by atomic mass is 10.2. The first-order chi connectivity index (χ1) is 14.0. The minimum absolute atomic E-state index is 0.195. The minimum Gasteiger partial charge on any atom is -0.491 e. The molecule has 0 saturated heterocycles. The number of urea groups is 1. The van der Waals surface area contributed by atoms with Crippen LogP contribution >= 0.6 is 0 Å². The second-order valence-corrected chi connectivity index (χ2v) is 6.44. The average Bonchev–Trinajstić information content (AvgIpc) is 2.72. The number of pyridine rings is 2. The number of amides is 2. The van der Waals surface area contributed by atoms with Gasteiger partial charge < -0.3 is 14.4 Å². The summed E-state index contributed by atoms with van der Waals surface area (Å²) in [4.78, 5) is 35.4. The van der Waals surface area contributed by atoms with E-state index in [0.29, 0.717) is 37.5 Å². The highest BCUT2D eigenvalue weighted by atomic mass is 16.5. The number of anilines is 2. The molecule has 0 aliphatic carbocycles. The van der Waals surface area contributed by atoms with Gasteiger partial charge in [0.1, 0.15) is 42.1 Å². The summed E-state index contributed by atoms with van der Waals surface area (Å²) in [6.45, 7) is 1.61. The molecule has 0 unspecified atom stereocenters. The molecule has 1 aliphatic rings. The lowest BCUT2D eigenvalue weighted by molar-refractivity contribution is 0.111. The SMILES string of the molecule is CN(C)CCOc1cc(NC(=O)N2CCOc3ccc([13CH]=O)nc32)ncc1C#N. The first-order valence-electron chi connectivity index (χ1n) is 8.87. The highest BCUT2D eigenvalue weighted by Crippen LogP contribution is 2.30. The van der Waals surface area contributed by atoms with Crippen molar-refractivity contribution in [2.24, 2.45) is 0 Å². The Kier molecular flexibility index (Phi) is 6.21. The summed E-state index contributed by atoms with van der Waals surface area (Å²) in [5.41, 5.74) is 0.468. The summed E-state index contributed by atoms with van der Waals surface area (Å²) < 4.78 is 11.1. The minimum atomic E-state index is -0.485. The van der Waals surface area contributed by atoms with E-state index in [1.165, 1.54) is 23.2 Å². The Morgan fingerprint density at radius 1 is 1.48 bits per heavy atom. The van der Waals surface area contributed by atoms with Gasteiger partial charge in [-0.15, -0.1) is 0 Å². The van der Waals surface area contributed by atoms with E-state index in [-0.39, 0.29) is 29.4 Å². The van der Waals surface area contributed by atoms with E-state index in [0.717, 1.165) is 0 Å². The van der Waals surface area contributed by atoms with Crippen LogP contribution in [0.4, 0.5) is 16.4 Å². The molecule has 2 aromatic heterocycles. The van der Waals surface area contributed by atoms with E-state index in [1.54, 1.807) is 6.07 Å². The molecular formula is C19H20N6O4. The van der Waals surface area contributed by atoms with Crippen molar-refractivity contribution in [1.29, 1.82) is 5.26 Å². The second-order valence-electron chi connectivity index (χ2n) is 6.44. The van der Waals surface area contributed by atoms with E-state index in [9.17, 15) is 14.9 Å². The first-order valence-corrected chi connectivity index (χ1v) is 8.87. The number of nitrogens with zero attached hydrogens (tertiary/aromatic N) is 5. The van der Waals surface area contributed by atoms with Gasteiger partial charge in [-0.3, -0.25) is 15.0 Å². The Bertz CT molecular complexity index is 956. The van der Waals surface area contributed by atoms with Crippen LogP contribution in [0.5, 0.6) is 11.5 Å². The van der Waals surface area contributed by atoms with Gasteiger partial charge in [0.2, 0.25) is 0 Å². The fraction of sp³-hybridized carbons (Fsp3) is 0.316. The quantitative estimate of drug-likeness (QED) is 0.575. The number of fused-ring (bicyclic) bond motifs is 1. The van der Waals surface area contributed by atoms with Crippen molar-refractivity contribution in [3.05, 3.63) is 35.7 Å². The second kappa shape index (κ2) is 8.99. The van der Waals surface area contributed by atoms with Crippen molar-refractivity contribution in [1.82, 2.24) is 14.9 Å². The fourth-order valence-corrected chi connectivity index (χ4v) is 2.60. The third-order valence-corrected chi connectivity index (χ3v) is 4.07. The standard InChI is InChI=1S/C19H20N6O4/c1-24(2)5-7-29-16-9-17(21-11-13(16)10-20)23-19(27)25-6-8-28-15-4-3-14(12-26)22-18(15)25/h3-4,9,11-12H,5-8H2,1-2H3,(H,21,23,27)/i12+1. The molecule has 2 amide bonds. The largest absolute Gasteiger partial charge is 0.491 e. The van der Waals surface area contributed by atoms with Crippen molar-refractivity contribution in [2.45, 2.75) is 0 Å². The summed E-state index contributed by atoms with van der Waals surface area (Å²) in [6.07, 6.45) is 1.95. The van der Waals surface area contributed by atoms with E-state index >= 15 is 0 Å². The van der Waals surface area contributed by atoms with Gasteiger partial charge in [-0.1, -0.05) is 0 Å². The first kappa shape index (κ1) is 20.0. The van der Waals surface area contributed by atoms with Crippen LogP contribution in [-0.4, -0.2) is 67.6 Å². The van der Waals surface area contributed by atoms with Crippen LogP contribution in [0.25, 0.3) is 0 Å². The van der Waals surface area contributed by atoms with Crippen LogP contribution in [0, 0.1) is 11.3 Å². The predicted octanol–water partition coefficient (Wildman–Crippen LogP) is 1.53. The summed E-state index contributed by atoms with van der Waals surface area (Å²) in [5.74, 6) is 1.24. The third kappa shape index (κ3) is 4.77. The zero-order chi connectivity index (χ0) is 20.8. The van der Waals surface area contributed by atoms with Gasteiger partial charge >= 0.3 is 6.03 Å². The third-order valence-electron chi connectivity index (χ3n) is 4.07. The number of carbonyl (C=O) groups is 2. The molecular weight excluding hydrogens is 377 g/mol. The Labute approximate surface area is 167 Å². The normalized spacial score (nSPS) is 12.6. The van der Waals surface area contributed by atoms with Crippen LogP contribution in [0.3, 0.4) is 0 Å². The molecule has 1 N–H and O–H groups in total. The molecule has 0 spiro atoms. The van der Waals surface area contributed by atoms with Crippen molar-refractivity contribution in [2.75, 3.05) is 50.6 Å². The molecule has 0 radical (unpaired) electrons. The summed E-state index contributed by atoms with van der Waals surface area (Å²) in [5, 5.41) is 11.9. The molecule has 1 aliphatic heterocycles. The summed E-state index contributed by atoms with van der Waals surface area (Å²) >= 11 is 0. The molecule has 10 nitrogen and oxygen atoms in total. The number of carbonyl (C=O) groups excluding carboxylic acids is 2. The number of ether oxygens (including phenoxy) is 2. The smallest absolute Gasteiger partial charge is 0.328 e. The van der Waals surface area contributed by atoms with Gasteiger partial charge in [0.25, 0.3) is 0 Å². The highest BCUT2D eigenvalue weighted by Gasteiger charge is 2.26. The maximum absolute atomic E-state index is 12.8. The van der Waals surface area contributed by atoms with Gasteiger partial charge in [-0.25, -0.2) is 14.8 Å². The molecule has 29 heavy (non-hydrogen) atoms. The van der Waals surface area contributed by atoms with E-state index in [1.807, 2.05) is 25.1 Å². The van der Waals surface area contributed by atoms with Gasteiger partial charge in [0, 0.05) is 12.6 Å². The maximum atomic E-state index is 12.8. The molecule has 0 atom stereocenters. The van der Waals surface area contributed by atoms with Crippen LogP contribution in [-0.2, 0) is 0 Å². The molecule has 3 rings (SSSR count). The van der Waals surface area contributed by atoms with Crippen molar-refractivity contribution < 1.29 is 19.1 Å². The fourth-order valence-electron chi connectivity index (χ4n) is 2.60. The topological polar surface area (TPSA) is 121 Å². The highest BCUT2D eigenvalue weighted by molar-refractivity contribution is 6.02. The zero-order valence-corrected chi connectivity index (χ0v) is 16.1. The van der Waals surface area contributed by atoms with E-state index < -0.39 is 6.03 Å². The molecule has 10 heteroatoms. The number of nitriles is 1. The molecule has 0 aromatic carbocycles. The predicted molar refractivity (Wildman–Crippen MR) is 104 cm³/mol. The Morgan fingerprint density at radius 3 is 3.03 bits per heavy atom. The van der Waals surface area contributed by atoms with Gasteiger partial charge in [-0.2, -0.15) is 5.26 Å². The Hall–Kier alpha value is -3.71. The number of aldehydes is 1. The number of hydrogen-bond acceptors (Lipinski definition) is 8.